The number of oxazole rings is 1. The summed E-state index contributed by atoms with van der Waals surface area (Å²) in [6, 6.07) is 9.92. The molecule has 0 radical (unpaired) electrons. The van der Waals surface area contributed by atoms with E-state index in [1.807, 2.05) is 35.2 Å². The van der Waals surface area contributed by atoms with Gasteiger partial charge in [-0.3, -0.25) is 4.79 Å². The predicted octanol–water partition coefficient (Wildman–Crippen LogP) is 2.24. The van der Waals surface area contributed by atoms with E-state index in [0.29, 0.717) is 36.9 Å². The van der Waals surface area contributed by atoms with Crippen LogP contribution in [0.2, 0.25) is 0 Å². The first-order valence-corrected chi connectivity index (χ1v) is 7.36. The Morgan fingerprint density at radius 1 is 1.26 bits per heavy atom. The summed E-state index contributed by atoms with van der Waals surface area (Å²) in [6.45, 7) is 1.28. The number of likely N-dealkylation sites (tertiary alicyclic amines) is 1. The van der Waals surface area contributed by atoms with Gasteiger partial charge in [-0.05, 0) is 12.0 Å². The van der Waals surface area contributed by atoms with Gasteiger partial charge in [0.2, 0.25) is 17.6 Å². The Morgan fingerprint density at radius 2 is 2.13 bits per heavy atom. The molecule has 23 heavy (non-hydrogen) atoms. The van der Waals surface area contributed by atoms with Crippen LogP contribution < -0.4 is 0 Å². The van der Waals surface area contributed by atoms with Gasteiger partial charge in [-0.2, -0.15) is 4.98 Å². The van der Waals surface area contributed by atoms with Crippen molar-refractivity contribution in [3.8, 4) is 11.5 Å². The maximum atomic E-state index is 12.6. The Hall–Kier alpha value is -2.96. The molecule has 1 aliphatic heterocycles. The van der Waals surface area contributed by atoms with Gasteiger partial charge < -0.3 is 13.8 Å². The van der Waals surface area contributed by atoms with Crippen LogP contribution in [0.5, 0.6) is 0 Å². The SMILES string of the molecule is O=C1C(c2nc(-c3cocn3)no2)CCN1Cc1ccccc1. The fourth-order valence-electron chi connectivity index (χ4n) is 2.73. The first-order chi connectivity index (χ1) is 11.3. The molecule has 116 valence electrons. The fraction of sp³-hybridized carbons (Fsp3) is 0.250. The molecule has 0 aliphatic carbocycles. The van der Waals surface area contributed by atoms with Crippen LogP contribution in [0.4, 0.5) is 0 Å². The van der Waals surface area contributed by atoms with Gasteiger partial charge in [0.05, 0.1) is 0 Å². The van der Waals surface area contributed by atoms with Crippen LogP contribution >= 0.6 is 0 Å². The molecule has 1 amide bonds. The number of carbonyl (C=O) groups is 1. The van der Waals surface area contributed by atoms with Crippen molar-refractivity contribution in [3.63, 3.8) is 0 Å². The van der Waals surface area contributed by atoms with Crippen molar-refractivity contribution in [2.24, 2.45) is 0 Å². The van der Waals surface area contributed by atoms with Gasteiger partial charge in [0.1, 0.15) is 17.9 Å². The average Bonchev–Trinajstić information content (AvgIpc) is 3.30. The third-order valence-corrected chi connectivity index (χ3v) is 3.91. The van der Waals surface area contributed by atoms with Crippen LogP contribution in [0.1, 0.15) is 23.8 Å². The predicted molar refractivity (Wildman–Crippen MR) is 79.0 cm³/mol. The molecule has 1 saturated heterocycles. The highest BCUT2D eigenvalue weighted by Gasteiger charge is 2.36. The smallest absolute Gasteiger partial charge is 0.239 e. The largest absolute Gasteiger partial charge is 0.451 e. The van der Waals surface area contributed by atoms with E-state index in [9.17, 15) is 4.79 Å². The third-order valence-electron chi connectivity index (χ3n) is 3.91. The molecule has 4 rings (SSSR count). The van der Waals surface area contributed by atoms with Crippen molar-refractivity contribution in [1.29, 1.82) is 0 Å². The molecule has 1 unspecified atom stereocenters. The van der Waals surface area contributed by atoms with Crippen molar-refractivity contribution in [1.82, 2.24) is 20.0 Å². The molecule has 1 aromatic carbocycles. The van der Waals surface area contributed by atoms with E-state index >= 15 is 0 Å². The second-order valence-corrected chi connectivity index (χ2v) is 5.42. The number of amides is 1. The Bertz CT molecular complexity index is 798. The highest BCUT2D eigenvalue weighted by molar-refractivity contribution is 5.84. The van der Waals surface area contributed by atoms with E-state index in [2.05, 4.69) is 15.1 Å². The number of hydrogen-bond acceptors (Lipinski definition) is 6. The Balaban J connectivity index is 1.49. The summed E-state index contributed by atoms with van der Waals surface area (Å²) in [5.41, 5.74) is 1.60. The first kappa shape index (κ1) is 13.7. The number of benzene rings is 1. The molecule has 3 heterocycles. The van der Waals surface area contributed by atoms with Gasteiger partial charge in [0, 0.05) is 13.1 Å². The molecular formula is C16H14N4O3. The first-order valence-electron chi connectivity index (χ1n) is 7.36. The minimum absolute atomic E-state index is 0.0178. The summed E-state index contributed by atoms with van der Waals surface area (Å²) >= 11 is 0. The van der Waals surface area contributed by atoms with Gasteiger partial charge in [0.25, 0.3) is 0 Å². The monoisotopic (exact) mass is 310 g/mol. The number of rotatable bonds is 4. The minimum Gasteiger partial charge on any atom is -0.451 e. The summed E-state index contributed by atoms with van der Waals surface area (Å²) < 4.78 is 10.2. The molecule has 7 heteroatoms. The molecule has 0 bridgehead atoms. The van der Waals surface area contributed by atoms with Crippen LogP contribution in [0.25, 0.3) is 11.5 Å². The van der Waals surface area contributed by atoms with Crippen molar-refractivity contribution >= 4 is 5.91 Å². The summed E-state index contributed by atoms with van der Waals surface area (Å²) in [4.78, 5) is 22.6. The summed E-state index contributed by atoms with van der Waals surface area (Å²) in [5, 5.41) is 3.87. The van der Waals surface area contributed by atoms with Gasteiger partial charge in [0.15, 0.2) is 6.39 Å². The lowest BCUT2D eigenvalue weighted by atomic mass is 10.1. The maximum Gasteiger partial charge on any atom is 0.239 e. The summed E-state index contributed by atoms with van der Waals surface area (Å²) in [5.74, 6) is 0.308. The van der Waals surface area contributed by atoms with E-state index in [-0.39, 0.29) is 11.8 Å². The molecule has 1 fully saturated rings. The summed E-state index contributed by atoms with van der Waals surface area (Å²) in [7, 11) is 0. The van der Waals surface area contributed by atoms with Crippen molar-refractivity contribution < 1.29 is 13.7 Å². The Morgan fingerprint density at radius 3 is 2.91 bits per heavy atom. The molecule has 7 nitrogen and oxygen atoms in total. The molecule has 0 N–H and O–H groups in total. The maximum absolute atomic E-state index is 12.6. The molecule has 1 aliphatic rings. The molecule has 0 spiro atoms. The second-order valence-electron chi connectivity index (χ2n) is 5.42. The van der Waals surface area contributed by atoms with Crippen molar-refractivity contribution in [2.45, 2.75) is 18.9 Å². The highest BCUT2D eigenvalue weighted by Crippen LogP contribution is 2.29. The Kier molecular flexibility index (Phi) is 3.38. The van der Waals surface area contributed by atoms with E-state index < -0.39 is 0 Å². The lowest BCUT2D eigenvalue weighted by molar-refractivity contribution is -0.129. The average molecular weight is 310 g/mol. The van der Waals surface area contributed by atoms with E-state index in [0.717, 1.165) is 5.56 Å². The number of carbonyl (C=O) groups excluding carboxylic acids is 1. The number of nitrogens with zero attached hydrogens (tertiary/aromatic N) is 4. The number of aromatic nitrogens is 3. The minimum atomic E-state index is -0.383. The zero-order valence-electron chi connectivity index (χ0n) is 12.3. The Labute approximate surface area is 131 Å². The van der Waals surface area contributed by atoms with Crippen LogP contribution in [0, 0.1) is 0 Å². The quantitative estimate of drug-likeness (QED) is 0.734. The molecule has 0 saturated carbocycles. The fourth-order valence-corrected chi connectivity index (χ4v) is 2.73. The lowest BCUT2D eigenvalue weighted by Crippen LogP contribution is -2.26. The van der Waals surface area contributed by atoms with Gasteiger partial charge in [-0.1, -0.05) is 35.5 Å². The normalized spacial score (nSPS) is 17.8. The van der Waals surface area contributed by atoms with Gasteiger partial charge in [-0.25, -0.2) is 4.98 Å². The zero-order chi connectivity index (χ0) is 15.6. The van der Waals surface area contributed by atoms with Crippen LogP contribution in [0.3, 0.4) is 0 Å². The molecule has 1 atom stereocenters. The topological polar surface area (TPSA) is 85.3 Å². The number of hydrogen-bond donors (Lipinski definition) is 0. The highest BCUT2D eigenvalue weighted by atomic mass is 16.5. The third kappa shape index (κ3) is 2.61. The molecule has 2 aromatic heterocycles. The van der Waals surface area contributed by atoms with Gasteiger partial charge in [-0.15, -0.1) is 0 Å². The van der Waals surface area contributed by atoms with Crippen LogP contribution in [0.15, 0.2) is 51.9 Å². The molecular weight excluding hydrogens is 296 g/mol. The lowest BCUT2D eigenvalue weighted by Gasteiger charge is -2.15. The van der Waals surface area contributed by atoms with Crippen molar-refractivity contribution in [3.05, 3.63) is 54.4 Å². The van der Waals surface area contributed by atoms with E-state index in [1.165, 1.54) is 12.7 Å². The van der Waals surface area contributed by atoms with Gasteiger partial charge >= 0.3 is 0 Å². The van der Waals surface area contributed by atoms with Crippen molar-refractivity contribution in [2.75, 3.05) is 6.54 Å². The molecule has 3 aromatic rings. The standard InChI is InChI=1S/C16H14N4O3/c21-16-12(6-7-20(16)8-11-4-2-1-3-5-11)15-18-14(19-23-15)13-9-22-10-17-13/h1-5,9-10,12H,6-8H2. The summed E-state index contributed by atoms with van der Waals surface area (Å²) in [6.07, 6.45) is 3.41. The van der Waals surface area contributed by atoms with E-state index in [4.69, 9.17) is 8.94 Å². The van der Waals surface area contributed by atoms with E-state index in [1.54, 1.807) is 0 Å². The van der Waals surface area contributed by atoms with Crippen LogP contribution in [-0.2, 0) is 11.3 Å². The second kappa shape index (κ2) is 5.68. The zero-order valence-corrected chi connectivity index (χ0v) is 12.3. The van der Waals surface area contributed by atoms with Crippen LogP contribution in [-0.4, -0.2) is 32.5 Å².